The first-order chi connectivity index (χ1) is 7.79. The SMILES string of the molecule is CCC(C)NCCc1ccc2c(c1)CCO2. The van der Waals surface area contributed by atoms with Gasteiger partial charge in [0.1, 0.15) is 5.75 Å². The maximum atomic E-state index is 5.50. The molecule has 2 rings (SSSR count). The highest BCUT2D eigenvalue weighted by Gasteiger charge is 2.11. The molecule has 0 aromatic heterocycles. The number of rotatable bonds is 5. The van der Waals surface area contributed by atoms with Gasteiger partial charge in [0.15, 0.2) is 0 Å². The van der Waals surface area contributed by atoms with E-state index in [1.165, 1.54) is 17.5 Å². The third-order valence-electron chi connectivity index (χ3n) is 3.27. The Balaban J connectivity index is 1.86. The molecule has 1 heterocycles. The minimum absolute atomic E-state index is 0.623. The van der Waals surface area contributed by atoms with Crippen molar-refractivity contribution in [1.82, 2.24) is 5.32 Å². The average Bonchev–Trinajstić information content (AvgIpc) is 2.76. The van der Waals surface area contributed by atoms with Crippen LogP contribution in [0.15, 0.2) is 18.2 Å². The highest BCUT2D eigenvalue weighted by Crippen LogP contribution is 2.25. The monoisotopic (exact) mass is 219 g/mol. The second-order valence-corrected chi connectivity index (χ2v) is 4.55. The Morgan fingerprint density at radius 3 is 3.12 bits per heavy atom. The predicted molar refractivity (Wildman–Crippen MR) is 67.1 cm³/mol. The molecule has 0 radical (unpaired) electrons. The number of ether oxygens (including phenoxy) is 1. The van der Waals surface area contributed by atoms with Crippen LogP contribution in [0.25, 0.3) is 0 Å². The number of benzene rings is 1. The minimum atomic E-state index is 0.623. The Morgan fingerprint density at radius 1 is 1.44 bits per heavy atom. The molecule has 1 aromatic rings. The van der Waals surface area contributed by atoms with E-state index >= 15 is 0 Å². The topological polar surface area (TPSA) is 21.3 Å². The Labute approximate surface area is 98.0 Å². The number of fused-ring (bicyclic) bond motifs is 1. The van der Waals surface area contributed by atoms with Gasteiger partial charge in [0.05, 0.1) is 6.61 Å². The highest BCUT2D eigenvalue weighted by atomic mass is 16.5. The van der Waals surface area contributed by atoms with E-state index in [0.29, 0.717) is 6.04 Å². The Kier molecular flexibility index (Phi) is 3.83. The molecule has 2 heteroatoms. The number of hydrogen-bond acceptors (Lipinski definition) is 2. The lowest BCUT2D eigenvalue weighted by Crippen LogP contribution is -2.27. The first kappa shape index (κ1) is 11.5. The molecule has 0 bridgehead atoms. The zero-order valence-electron chi connectivity index (χ0n) is 10.3. The van der Waals surface area contributed by atoms with E-state index < -0.39 is 0 Å². The van der Waals surface area contributed by atoms with Gasteiger partial charge in [-0.2, -0.15) is 0 Å². The molecular weight excluding hydrogens is 198 g/mol. The van der Waals surface area contributed by atoms with Crippen molar-refractivity contribution in [3.05, 3.63) is 29.3 Å². The lowest BCUT2D eigenvalue weighted by molar-refractivity contribution is 0.357. The van der Waals surface area contributed by atoms with Crippen molar-refractivity contribution in [2.75, 3.05) is 13.2 Å². The van der Waals surface area contributed by atoms with E-state index in [4.69, 9.17) is 4.74 Å². The van der Waals surface area contributed by atoms with Crippen LogP contribution in [-0.2, 0) is 12.8 Å². The quantitative estimate of drug-likeness (QED) is 0.821. The van der Waals surface area contributed by atoms with Crippen LogP contribution >= 0.6 is 0 Å². The lowest BCUT2D eigenvalue weighted by Gasteiger charge is -2.11. The largest absolute Gasteiger partial charge is 0.493 e. The van der Waals surface area contributed by atoms with Gasteiger partial charge in [-0.3, -0.25) is 0 Å². The van der Waals surface area contributed by atoms with E-state index in [1.54, 1.807) is 0 Å². The summed E-state index contributed by atoms with van der Waals surface area (Å²) >= 11 is 0. The average molecular weight is 219 g/mol. The first-order valence-corrected chi connectivity index (χ1v) is 6.27. The van der Waals surface area contributed by atoms with Crippen molar-refractivity contribution >= 4 is 0 Å². The summed E-state index contributed by atoms with van der Waals surface area (Å²) in [6, 6.07) is 7.21. The van der Waals surface area contributed by atoms with Crippen molar-refractivity contribution in [2.45, 2.75) is 39.2 Å². The van der Waals surface area contributed by atoms with E-state index in [-0.39, 0.29) is 0 Å². The molecule has 1 aliphatic rings. The van der Waals surface area contributed by atoms with Crippen LogP contribution in [0.2, 0.25) is 0 Å². The van der Waals surface area contributed by atoms with Gasteiger partial charge in [-0.1, -0.05) is 19.1 Å². The molecular formula is C14H21NO. The molecule has 2 nitrogen and oxygen atoms in total. The summed E-state index contributed by atoms with van der Waals surface area (Å²) in [4.78, 5) is 0. The number of hydrogen-bond donors (Lipinski definition) is 1. The third kappa shape index (κ3) is 2.76. The molecule has 1 aliphatic heterocycles. The van der Waals surface area contributed by atoms with Crippen molar-refractivity contribution in [2.24, 2.45) is 0 Å². The van der Waals surface area contributed by atoms with E-state index in [9.17, 15) is 0 Å². The van der Waals surface area contributed by atoms with Crippen LogP contribution < -0.4 is 10.1 Å². The van der Waals surface area contributed by atoms with Gasteiger partial charge in [-0.05, 0) is 43.5 Å². The third-order valence-corrected chi connectivity index (χ3v) is 3.27. The normalized spacial score (nSPS) is 15.6. The summed E-state index contributed by atoms with van der Waals surface area (Å²) < 4.78 is 5.50. The van der Waals surface area contributed by atoms with Gasteiger partial charge in [-0.15, -0.1) is 0 Å². The Hall–Kier alpha value is -1.02. The Bertz CT molecular complexity index is 349. The van der Waals surface area contributed by atoms with Gasteiger partial charge in [0, 0.05) is 12.5 Å². The van der Waals surface area contributed by atoms with Crippen LogP contribution in [0.4, 0.5) is 0 Å². The first-order valence-electron chi connectivity index (χ1n) is 6.27. The molecule has 0 saturated carbocycles. The fraction of sp³-hybridized carbons (Fsp3) is 0.571. The highest BCUT2D eigenvalue weighted by molar-refractivity contribution is 5.39. The van der Waals surface area contributed by atoms with Crippen LogP contribution in [0.3, 0.4) is 0 Å². The molecule has 0 saturated heterocycles. The molecule has 1 atom stereocenters. The molecule has 0 fully saturated rings. The van der Waals surface area contributed by atoms with E-state index in [2.05, 4.69) is 37.4 Å². The summed E-state index contributed by atoms with van der Waals surface area (Å²) in [6.45, 7) is 6.36. The Morgan fingerprint density at radius 2 is 2.31 bits per heavy atom. The maximum absolute atomic E-state index is 5.50. The molecule has 16 heavy (non-hydrogen) atoms. The zero-order valence-corrected chi connectivity index (χ0v) is 10.3. The summed E-state index contributed by atoms with van der Waals surface area (Å²) in [7, 11) is 0. The van der Waals surface area contributed by atoms with Crippen LogP contribution in [0.1, 0.15) is 31.4 Å². The molecule has 1 N–H and O–H groups in total. The fourth-order valence-corrected chi connectivity index (χ4v) is 2.00. The molecule has 0 amide bonds. The zero-order chi connectivity index (χ0) is 11.4. The molecule has 0 aliphatic carbocycles. The van der Waals surface area contributed by atoms with Crippen molar-refractivity contribution < 1.29 is 4.74 Å². The summed E-state index contributed by atoms with van der Waals surface area (Å²) in [6.07, 6.45) is 3.37. The van der Waals surface area contributed by atoms with Gasteiger partial charge >= 0.3 is 0 Å². The van der Waals surface area contributed by atoms with Gasteiger partial charge in [0.25, 0.3) is 0 Å². The standard InChI is InChI=1S/C14H21NO/c1-3-11(2)15-8-6-12-4-5-14-13(10-12)7-9-16-14/h4-5,10-11,15H,3,6-9H2,1-2H3. The molecule has 1 unspecified atom stereocenters. The molecule has 1 aromatic carbocycles. The smallest absolute Gasteiger partial charge is 0.122 e. The van der Waals surface area contributed by atoms with Gasteiger partial charge in [0.2, 0.25) is 0 Å². The second kappa shape index (κ2) is 5.35. The second-order valence-electron chi connectivity index (χ2n) is 4.55. The number of nitrogens with one attached hydrogen (secondary N) is 1. The molecule has 88 valence electrons. The summed E-state index contributed by atoms with van der Waals surface area (Å²) in [5.41, 5.74) is 2.79. The van der Waals surface area contributed by atoms with Crippen LogP contribution in [-0.4, -0.2) is 19.2 Å². The van der Waals surface area contributed by atoms with Gasteiger partial charge < -0.3 is 10.1 Å². The van der Waals surface area contributed by atoms with E-state index in [0.717, 1.165) is 31.7 Å². The lowest BCUT2D eigenvalue weighted by atomic mass is 10.1. The van der Waals surface area contributed by atoms with Crippen LogP contribution in [0, 0.1) is 0 Å². The fourth-order valence-electron chi connectivity index (χ4n) is 2.00. The minimum Gasteiger partial charge on any atom is -0.493 e. The van der Waals surface area contributed by atoms with Crippen LogP contribution in [0.5, 0.6) is 5.75 Å². The van der Waals surface area contributed by atoms with Crippen molar-refractivity contribution in [3.8, 4) is 5.75 Å². The van der Waals surface area contributed by atoms with Crippen molar-refractivity contribution in [3.63, 3.8) is 0 Å². The van der Waals surface area contributed by atoms with Gasteiger partial charge in [-0.25, -0.2) is 0 Å². The predicted octanol–water partition coefficient (Wildman–Crippen LogP) is 2.55. The maximum Gasteiger partial charge on any atom is 0.122 e. The summed E-state index contributed by atoms with van der Waals surface area (Å²) in [5.74, 6) is 1.08. The van der Waals surface area contributed by atoms with E-state index in [1.807, 2.05) is 0 Å². The summed E-state index contributed by atoms with van der Waals surface area (Å²) in [5, 5.41) is 3.52. The molecule has 0 spiro atoms. The van der Waals surface area contributed by atoms with Crippen molar-refractivity contribution in [1.29, 1.82) is 0 Å².